The van der Waals surface area contributed by atoms with Crippen molar-refractivity contribution < 1.29 is 24.5 Å². The zero-order valence-electron chi connectivity index (χ0n) is 50.5. The fourth-order valence-corrected chi connectivity index (χ4v) is 10.5. The average Bonchev–Trinajstić information content (AvgIpc) is 3.41. The van der Waals surface area contributed by atoms with E-state index in [9.17, 15) is 19.8 Å². The van der Waals surface area contributed by atoms with Crippen LogP contribution in [-0.2, 0) is 14.3 Å². The summed E-state index contributed by atoms with van der Waals surface area (Å²) < 4.78 is 5.48. The number of unbranched alkanes of at least 4 members (excludes halogenated alkanes) is 48. The minimum absolute atomic E-state index is 0.00832. The third-order valence-electron chi connectivity index (χ3n) is 15.7. The van der Waals surface area contributed by atoms with Gasteiger partial charge in [-0.2, -0.15) is 0 Å². The van der Waals surface area contributed by atoms with Gasteiger partial charge in [-0.3, -0.25) is 9.59 Å². The molecule has 1 amide bonds. The third-order valence-corrected chi connectivity index (χ3v) is 15.7. The van der Waals surface area contributed by atoms with Gasteiger partial charge in [0.2, 0.25) is 5.91 Å². The highest BCUT2D eigenvalue weighted by Gasteiger charge is 2.18. The second-order valence-corrected chi connectivity index (χ2v) is 23.2. The molecule has 0 aromatic rings. The van der Waals surface area contributed by atoms with Crippen molar-refractivity contribution in [2.75, 3.05) is 13.2 Å². The Kier molecular flexibility index (Phi) is 63.0. The molecule has 0 fully saturated rings. The molecule has 3 N–H and O–H groups in total. The van der Waals surface area contributed by atoms with Crippen molar-refractivity contribution in [3.05, 3.63) is 36.5 Å². The van der Waals surface area contributed by atoms with E-state index in [2.05, 4.69) is 43.5 Å². The Morgan fingerprint density at radius 1 is 0.373 bits per heavy atom. The number of carbonyl (C=O) groups is 2. The molecule has 75 heavy (non-hydrogen) atoms. The van der Waals surface area contributed by atoms with E-state index in [0.717, 1.165) is 51.4 Å². The minimum atomic E-state index is -0.851. The first-order valence-electron chi connectivity index (χ1n) is 33.8. The van der Waals surface area contributed by atoms with Gasteiger partial charge in [0.15, 0.2) is 0 Å². The van der Waals surface area contributed by atoms with Crippen LogP contribution in [0.15, 0.2) is 36.5 Å². The van der Waals surface area contributed by atoms with Crippen molar-refractivity contribution in [1.29, 1.82) is 0 Å². The van der Waals surface area contributed by atoms with Crippen LogP contribution < -0.4 is 5.32 Å². The number of ether oxygens (including phenoxy) is 1. The van der Waals surface area contributed by atoms with Gasteiger partial charge in [-0.05, 0) is 64.2 Å². The van der Waals surface area contributed by atoms with Crippen LogP contribution in [-0.4, -0.2) is 47.4 Å². The molecule has 0 spiro atoms. The first kappa shape index (κ1) is 73.1. The third kappa shape index (κ3) is 61.2. The maximum Gasteiger partial charge on any atom is 0.305 e. The normalized spacial score (nSPS) is 12.7. The summed E-state index contributed by atoms with van der Waals surface area (Å²) in [5.41, 5.74) is 0. The van der Waals surface area contributed by atoms with Gasteiger partial charge in [0.05, 0.1) is 25.4 Å². The number of carbonyl (C=O) groups excluding carboxylic acids is 2. The van der Waals surface area contributed by atoms with Gasteiger partial charge in [0.1, 0.15) is 0 Å². The Balaban J connectivity index is 3.45. The number of hydrogen-bond donors (Lipinski definition) is 3. The van der Waals surface area contributed by atoms with Crippen molar-refractivity contribution in [3.8, 4) is 0 Å². The summed E-state index contributed by atoms with van der Waals surface area (Å²) in [4.78, 5) is 24.6. The van der Waals surface area contributed by atoms with E-state index in [1.165, 1.54) is 289 Å². The molecule has 0 bridgehead atoms. The Hall–Kier alpha value is -1.92. The number of hydrogen-bond acceptors (Lipinski definition) is 5. The van der Waals surface area contributed by atoms with E-state index in [0.29, 0.717) is 19.4 Å². The van der Waals surface area contributed by atoms with Crippen LogP contribution in [0.4, 0.5) is 0 Å². The Labute approximate surface area is 468 Å². The van der Waals surface area contributed by atoms with Gasteiger partial charge in [-0.15, -0.1) is 0 Å². The van der Waals surface area contributed by atoms with E-state index in [4.69, 9.17) is 4.74 Å². The van der Waals surface area contributed by atoms with Gasteiger partial charge in [0.25, 0.3) is 0 Å². The zero-order chi connectivity index (χ0) is 54.3. The predicted molar refractivity (Wildman–Crippen MR) is 329 cm³/mol. The van der Waals surface area contributed by atoms with Gasteiger partial charge >= 0.3 is 5.97 Å². The largest absolute Gasteiger partial charge is 0.466 e. The highest BCUT2D eigenvalue weighted by Crippen LogP contribution is 2.18. The Morgan fingerprint density at radius 3 is 1.03 bits per heavy atom. The summed E-state index contributed by atoms with van der Waals surface area (Å²) in [6.07, 6.45) is 82.0. The summed E-state index contributed by atoms with van der Waals surface area (Å²) >= 11 is 0. The molecule has 0 rings (SSSR count). The van der Waals surface area contributed by atoms with Crippen LogP contribution in [0.2, 0.25) is 0 Å². The maximum absolute atomic E-state index is 12.5. The molecule has 0 aromatic carbocycles. The summed E-state index contributed by atoms with van der Waals surface area (Å²) in [6, 6.07) is -0.634. The quantitative estimate of drug-likeness (QED) is 0.0320. The molecule has 2 atom stereocenters. The number of aliphatic hydroxyl groups is 2. The molecule has 0 radical (unpaired) electrons. The summed E-state index contributed by atoms with van der Waals surface area (Å²) in [5.74, 6) is -0.0784. The lowest BCUT2D eigenvalue weighted by molar-refractivity contribution is -0.143. The molecule has 6 heteroatoms. The second kappa shape index (κ2) is 64.6. The fraction of sp³-hybridized carbons (Fsp3) is 0.884. The van der Waals surface area contributed by atoms with E-state index in [-0.39, 0.29) is 18.5 Å². The van der Waals surface area contributed by atoms with Crippen molar-refractivity contribution >= 4 is 11.9 Å². The smallest absolute Gasteiger partial charge is 0.305 e. The summed E-state index contributed by atoms with van der Waals surface area (Å²) in [6.45, 7) is 4.90. The van der Waals surface area contributed by atoms with Gasteiger partial charge in [-0.25, -0.2) is 0 Å². The van der Waals surface area contributed by atoms with E-state index < -0.39 is 12.1 Å². The first-order chi connectivity index (χ1) is 37.0. The van der Waals surface area contributed by atoms with Crippen molar-refractivity contribution in [2.24, 2.45) is 0 Å². The number of rotatable bonds is 63. The molecule has 0 saturated heterocycles. The molecular weight excluding hydrogens is 923 g/mol. The molecule has 0 aliphatic carbocycles. The highest BCUT2D eigenvalue weighted by atomic mass is 16.5. The maximum atomic E-state index is 12.5. The topological polar surface area (TPSA) is 95.9 Å². The molecule has 2 unspecified atom stereocenters. The molecular formula is C69H131NO5. The number of esters is 1. The van der Waals surface area contributed by atoms with E-state index in [1.807, 2.05) is 6.08 Å². The monoisotopic (exact) mass is 1050 g/mol. The van der Waals surface area contributed by atoms with Gasteiger partial charge in [-0.1, -0.05) is 326 Å². The second-order valence-electron chi connectivity index (χ2n) is 23.2. The Bertz CT molecular complexity index is 1210. The van der Waals surface area contributed by atoms with Gasteiger partial charge in [0, 0.05) is 12.8 Å². The summed E-state index contributed by atoms with van der Waals surface area (Å²) in [7, 11) is 0. The fourth-order valence-electron chi connectivity index (χ4n) is 10.5. The van der Waals surface area contributed by atoms with Crippen molar-refractivity contribution in [1.82, 2.24) is 5.32 Å². The van der Waals surface area contributed by atoms with Crippen LogP contribution in [0.3, 0.4) is 0 Å². The lowest BCUT2D eigenvalue weighted by Crippen LogP contribution is -2.45. The lowest BCUT2D eigenvalue weighted by atomic mass is 10.0. The number of nitrogens with one attached hydrogen (secondary N) is 1. The molecule has 6 nitrogen and oxygen atoms in total. The summed E-state index contributed by atoms with van der Waals surface area (Å²) in [5, 5.41) is 23.3. The molecule has 442 valence electrons. The lowest BCUT2D eigenvalue weighted by Gasteiger charge is -2.20. The van der Waals surface area contributed by atoms with Gasteiger partial charge < -0.3 is 20.3 Å². The van der Waals surface area contributed by atoms with Crippen molar-refractivity contribution in [3.63, 3.8) is 0 Å². The molecule has 0 saturated carbocycles. The zero-order valence-corrected chi connectivity index (χ0v) is 50.5. The highest BCUT2D eigenvalue weighted by molar-refractivity contribution is 5.76. The molecule has 0 aliphatic rings. The average molecular weight is 1050 g/mol. The predicted octanol–water partition coefficient (Wildman–Crippen LogP) is 21.5. The minimum Gasteiger partial charge on any atom is -0.466 e. The molecule has 0 aliphatic heterocycles. The van der Waals surface area contributed by atoms with E-state index >= 15 is 0 Å². The number of allylic oxidation sites excluding steroid dienone is 5. The number of amides is 1. The first-order valence-corrected chi connectivity index (χ1v) is 33.8. The van der Waals surface area contributed by atoms with Crippen LogP contribution in [0.25, 0.3) is 0 Å². The standard InChI is InChI=1S/C69H131NO5/c1-3-5-7-9-11-13-15-17-19-21-22-23-24-25-26-27-28-30-33-37-41-45-49-53-57-61-67(72)66(65-71)70-68(73)62-58-54-50-46-42-38-34-31-29-32-36-40-44-48-52-56-60-64-75-69(74)63-59-55-51-47-43-39-35-20-18-16-14-12-10-8-6-4-2/h14,16,20,35,57,61,66-67,71-72H,3-13,15,17-19,21-34,36-56,58-60,62-65H2,1-2H3,(H,70,73)/b16-14-,35-20-,61-57+. The van der Waals surface area contributed by atoms with Crippen LogP contribution in [0.5, 0.6) is 0 Å². The SMILES string of the molecule is CCCCCC/C=C\C/C=C\CCCCCCCC(=O)OCCCCCCCCCCCCCCCCCCCC(=O)NC(CO)C(O)/C=C/CCCCCCCCCCCCCCCCCCCCCCCCC. The van der Waals surface area contributed by atoms with Crippen molar-refractivity contribution in [2.45, 2.75) is 379 Å². The Morgan fingerprint density at radius 2 is 0.667 bits per heavy atom. The molecule has 0 aromatic heterocycles. The molecule has 0 heterocycles. The van der Waals surface area contributed by atoms with Crippen LogP contribution in [0, 0.1) is 0 Å². The van der Waals surface area contributed by atoms with E-state index in [1.54, 1.807) is 6.08 Å². The van der Waals surface area contributed by atoms with Crippen LogP contribution in [0.1, 0.15) is 367 Å². The van der Waals surface area contributed by atoms with Crippen LogP contribution >= 0.6 is 0 Å². The number of aliphatic hydroxyl groups excluding tert-OH is 2.